The van der Waals surface area contributed by atoms with E-state index >= 15 is 0 Å². The molecule has 2 aromatic carbocycles. The minimum Gasteiger partial charge on any atom is -0.497 e. The van der Waals surface area contributed by atoms with E-state index in [0.29, 0.717) is 6.54 Å². The SMILES string of the molecule is C#CCOCC(O)CN(Cc1ccc(OC)cc1)Cc1cccc(C)c1. The molecule has 138 valence electrons. The number of aliphatic hydroxyl groups is 1. The molecule has 0 aromatic heterocycles. The van der Waals surface area contributed by atoms with Crippen LogP contribution < -0.4 is 4.74 Å². The van der Waals surface area contributed by atoms with E-state index in [4.69, 9.17) is 15.9 Å². The monoisotopic (exact) mass is 353 g/mol. The summed E-state index contributed by atoms with van der Waals surface area (Å²) in [5, 5.41) is 10.3. The summed E-state index contributed by atoms with van der Waals surface area (Å²) in [6, 6.07) is 16.4. The molecule has 4 heteroatoms. The Bertz CT molecular complexity index is 706. The fourth-order valence-electron chi connectivity index (χ4n) is 2.85. The normalized spacial score (nSPS) is 12.0. The second-order valence-corrected chi connectivity index (χ2v) is 6.38. The molecular formula is C22H27NO3. The summed E-state index contributed by atoms with van der Waals surface area (Å²) >= 11 is 0. The van der Waals surface area contributed by atoms with Gasteiger partial charge in [0.1, 0.15) is 12.4 Å². The van der Waals surface area contributed by atoms with Gasteiger partial charge in [-0.2, -0.15) is 0 Å². The molecule has 1 atom stereocenters. The first-order chi connectivity index (χ1) is 12.6. The number of rotatable bonds is 10. The van der Waals surface area contributed by atoms with Crippen molar-refractivity contribution in [3.05, 3.63) is 65.2 Å². The van der Waals surface area contributed by atoms with Crippen LogP contribution in [0.5, 0.6) is 5.75 Å². The number of terminal acetylenes is 1. The lowest BCUT2D eigenvalue weighted by atomic mass is 10.1. The van der Waals surface area contributed by atoms with Crippen molar-refractivity contribution in [2.75, 3.05) is 26.9 Å². The zero-order valence-corrected chi connectivity index (χ0v) is 15.5. The molecule has 0 aliphatic rings. The number of nitrogens with zero attached hydrogens (tertiary/aromatic N) is 1. The largest absolute Gasteiger partial charge is 0.497 e. The number of hydrogen-bond acceptors (Lipinski definition) is 4. The Balaban J connectivity index is 2.05. The molecule has 0 spiro atoms. The number of methoxy groups -OCH3 is 1. The topological polar surface area (TPSA) is 41.9 Å². The molecule has 2 aromatic rings. The van der Waals surface area contributed by atoms with Crippen LogP contribution in [0, 0.1) is 19.3 Å². The van der Waals surface area contributed by atoms with Crippen LogP contribution >= 0.6 is 0 Å². The van der Waals surface area contributed by atoms with E-state index in [2.05, 4.69) is 42.0 Å². The highest BCUT2D eigenvalue weighted by Gasteiger charge is 2.13. The predicted octanol–water partition coefficient (Wildman–Crippen LogP) is 3.02. The summed E-state index contributed by atoms with van der Waals surface area (Å²) in [7, 11) is 1.66. The van der Waals surface area contributed by atoms with Gasteiger partial charge in [-0.1, -0.05) is 47.9 Å². The van der Waals surface area contributed by atoms with E-state index in [1.165, 1.54) is 11.1 Å². The Morgan fingerprint density at radius 2 is 1.85 bits per heavy atom. The summed E-state index contributed by atoms with van der Waals surface area (Å²) in [5.74, 6) is 3.25. The second kappa shape index (κ2) is 10.6. The Morgan fingerprint density at radius 3 is 2.50 bits per heavy atom. The highest BCUT2D eigenvalue weighted by molar-refractivity contribution is 5.27. The van der Waals surface area contributed by atoms with Gasteiger partial charge in [-0.25, -0.2) is 0 Å². The lowest BCUT2D eigenvalue weighted by molar-refractivity contribution is 0.0243. The van der Waals surface area contributed by atoms with Gasteiger partial charge in [-0.05, 0) is 30.2 Å². The van der Waals surface area contributed by atoms with Crippen LogP contribution in [0.2, 0.25) is 0 Å². The number of ether oxygens (including phenoxy) is 2. The van der Waals surface area contributed by atoms with Gasteiger partial charge in [0.2, 0.25) is 0 Å². The van der Waals surface area contributed by atoms with Crippen LogP contribution in [-0.4, -0.2) is 43.0 Å². The molecule has 1 N–H and O–H groups in total. The molecule has 0 radical (unpaired) electrons. The summed E-state index contributed by atoms with van der Waals surface area (Å²) in [6.45, 7) is 4.51. The van der Waals surface area contributed by atoms with E-state index in [0.717, 1.165) is 24.4 Å². The van der Waals surface area contributed by atoms with Gasteiger partial charge in [-0.15, -0.1) is 6.42 Å². The lowest BCUT2D eigenvalue weighted by Gasteiger charge is -2.25. The van der Waals surface area contributed by atoms with Crippen LogP contribution in [0.25, 0.3) is 0 Å². The fraction of sp³-hybridized carbons (Fsp3) is 0.364. The van der Waals surface area contributed by atoms with Crippen LogP contribution in [0.4, 0.5) is 0 Å². The third kappa shape index (κ3) is 6.89. The molecule has 1 unspecified atom stereocenters. The van der Waals surface area contributed by atoms with Crippen LogP contribution in [0.15, 0.2) is 48.5 Å². The lowest BCUT2D eigenvalue weighted by Crippen LogP contribution is -2.34. The van der Waals surface area contributed by atoms with E-state index in [-0.39, 0.29) is 13.2 Å². The van der Waals surface area contributed by atoms with Crippen molar-refractivity contribution in [3.8, 4) is 18.1 Å². The third-order valence-electron chi connectivity index (χ3n) is 4.02. The molecule has 0 saturated heterocycles. The third-order valence-corrected chi connectivity index (χ3v) is 4.02. The van der Waals surface area contributed by atoms with Gasteiger partial charge in [0.25, 0.3) is 0 Å². The van der Waals surface area contributed by atoms with E-state index in [1.54, 1.807) is 7.11 Å². The second-order valence-electron chi connectivity index (χ2n) is 6.38. The van der Waals surface area contributed by atoms with Gasteiger partial charge in [-0.3, -0.25) is 4.90 Å². The first kappa shape index (κ1) is 20.0. The molecule has 0 aliphatic heterocycles. The Hall–Kier alpha value is -2.32. The van der Waals surface area contributed by atoms with Gasteiger partial charge >= 0.3 is 0 Å². The number of benzene rings is 2. The number of hydrogen-bond donors (Lipinski definition) is 1. The summed E-state index contributed by atoms with van der Waals surface area (Å²) in [6.07, 6.45) is 4.59. The zero-order chi connectivity index (χ0) is 18.8. The standard InChI is InChI=1S/C22H27NO3/c1-4-12-26-17-21(24)16-23(15-20-7-5-6-18(2)13-20)14-19-8-10-22(25-3)11-9-19/h1,5-11,13,21,24H,12,14-17H2,2-3H3. The van der Waals surface area contributed by atoms with E-state index < -0.39 is 6.10 Å². The van der Waals surface area contributed by atoms with Crippen LogP contribution in [0.1, 0.15) is 16.7 Å². The molecule has 0 saturated carbocycles. The first-order valence-electron chi connectivity index (χ1n) is 8.71. The van der Waals surface area contributed by atoms with Gasteiger partial charge < -0.3 is 14.6 Å². The van der Waals surface area contributed by atoms with Crippen molar-refractivity contribution in [2.45, 2.75) is 26.1 Å². The van der Waals surface area contributed by atoms with Crippen LogP contribution in [0.3, 0.4) is 0 Å². The van der Waals surface area contributed by atoms with Crippen molar-refractivity contribution in [1.82, 2.24) is 4.90 Å². The summed E-state index contributed by atoms with van der Waals surface area (Å²) in [5.41, 5.74) is 3.61. The maximum atomic E-state index is 10.3. The van der Waals surface area contributed by atoms with Gasteiger partial charge in [0.15, 0.2) is 0 Å². The minimum absolute atomic E-state index is 0.216. The van der Waals surface area contributed by atoms with Crippen molar-refractivity contribution < 1.29 is 14.6 Å². The average Bonchev–Trinajstić information content (AvgIpc) is 2.62. The Morgan fingerprint density at radius 1 is 1.12 bits per heavy atom. The maximum Gasteiger partial charge on any atom is 0.118 e. The molecule has 0 heterocycles. The quantitative estimate of drug-likeness (QED) is 0.527. The van der Waals surface area contributed by atoms with Crippen LogP contribution in [-0.2, 0) is 17.8 Å². The molecule has 0 aliphatic carbocycles. The van der Waals surface area contributed by atoms with Crippen molar-refractivity contribution in [3.63, 3.8) is 0 Å². The highest BCUT2D eigenvalue weighted by atomic mass is 16.5. The minimum atomic E-state index is -0.591. The number of aryl methyl sites for hydroxylation is 1. The predicted molar refractivity (Wildman–Crippen MR) is 104 cm³/mol. The summed E-state index contributed by atoms with van der Waals surface area (Å²) in [4.78, 5) is 2.21. The van der Waals surface area contributed by atoms with Crippen molar-refractivity contribution >= 4 is 0 Å². The molecular weight excluding hydrogens is 326 g/mol. The van der Waals surface area contributed by atoms with E-state index in [9.17, 15) is 5.11 Å². The van der Waals surface area contributed by atoms with Crippen molar-refractivity contribution in [1.29, 1.82) is 0 Å². The highest BCUT2D eigenvalue weighted by Crippen LogP contribution is 2.15. The van der Waals surface area contributed by atoms with Gasteiger partial charge in [0.05, 0.1) is 19.8 Å². The van der Waals surface area contributed by atoms with Crippen molar-refractivity contribution in [2.24, 2.45) is 0 Å². The fourth-order valence-corrected chi connectivity index (χ4v) is 2.85. The van der Waals surface area contributed by atoms with E-state index in [1.807, 2.05) is 24.3 Å². The molecule has 4 nitrogen and oxygen atoms in total. The molecule has 0 bridgehead atoms. The molecule has 0 amide bonds. The maximum absolute atomic E-state index is 10.3. The smallest absolute Gasteiger partial charge is 0.118 e. The Kier molecular flexibility index (Phi) is 8.17. The molecule has 0 fully saturated rings. The molecule has 2 rings (SSSR count). The zero-order valence-electron chi connectivity index (χ0n) is 15.5. The Labute approximate surface area is 156 Å². The first-order valence-corrected chi connectivity index (χ1v) is 8.71. The summed E-state index contributed by atoms with van der Waals surface area (Å²) < 4.78 is 10.5. The van der Waals surface area contributed by atoms with Gasteiger partial charge in [0, 0.05) is 19.6 Å². The average molecular weight is 353 g/mol. The number of aliphatic hydroxyl groups excluding tert-OH is 1. The molecule has 26 heavy (non-hydrogen) atoms.